The zero-order valence-corrected chi connectivity index (χ0v) is 11.7. The Morgan fingerprint density at radius 1 is 1.47 bits per heavy atom. The molecule has 0 radical (unpaired) electrons. The Kier molecular flexibility index (Phi) is 5.87. The molecule has 0 atom stereocenters. The smallest absolute Gasteiger partial charge is 0.227 e. The van der Waals surface area contributed by atoms with Crippen LogP contribution in [0.15, 0.2) is 24.3 Å². The number of rotatable bonds is 6. The lowest BCUT2D eigenvalue weighted by Crippen LogP contribution is -2.38. The van der Waals surface area contributed by atoms with Crippen LogP contribution in [0, 0.1) is 11.3 Å². The molecular weight excluding hydrogens is 240 g/mol. The van der Waals surface area contributed by atoms with Gasteiger partial charge in [-0.1, -0.05) is 12.1 Å². The number of carbonyl (C=O) groups is 1. The highest BCUT2D eigenvalue weighted by Gasteiger charge is 2.16. The lowest BCUT2D eigenvalue weighted by atomic mass is 10.1. The molecule has 4 nitrogen and oxygen atoms in total. The minimum absolute atomic E-state index is 0.0403. The van der Waals surface area contributed by atoms with Gasteiger partial charge in [-0.2, -0.15) is 5.26 Å². The topological polar surface area (TPSA) is 53.3 Å². The van der Waals surface area contributed by atoms with E-state index in [4.69, 9.17) is 10.00 Å². The lowest BCUT2D eigenvalue weighted by molar-refractivity contribution is -0.132. The molecule has 0 bridgehead atoms. The van der Waals surface area contributed by atoms with Gasteiger partial charge in [0.05, 0.1) is 26.0 Å². The van der Waals surface area contributed by atoms with E-state index in [1.54, 1.807) is 12.0 Å². The van der Waals surface area contributed by atoms with Gasteiger partial charge in [-0.3, -0.25) is 4.79 Å². The monoisotopic (exact) mass is 260 g/mol. The molecule has 0 aromatic heterocycles. The second-order valence-corrected chi connectivity index (χ2v) is 4.62. The van der Waals surface area contributed by atoms with Gasteiger partial charge in [0.2, 0.25) is 5.91 Å². The number of ether oxygens (including phenoxy) is 1. The molecular formula is C15H20N2O2. The zero-order chi connectivity index (χ0) is 14.3. The first-order valence-electron chi connectivity index (χ1n) is 6.37. The average molecular weight is 260 g/mol. The van der Waals surface area contributed by atoms with Gasteiger partial charge in [-0.05, 0) is 31.5 Å². The highest BCUT2D eigenvalue weighted by Crippen LogP contribution is 2.14. The Hall–Kier alpha value is -2.02. The van der Waals surface area contributed by atoms with Crippen LogP contribution in [-0.2, 0) is 11.2 Å². The molecule has 0 saturated carbocycles. The maximum atomic E-state index is 12.2. The number of hydrogen-bond donors (Lipinski definition) is 0. The van der Waals surface area contributed by atoms with Gasteiger partial charge in [0.1, 0.15) is 5.75 Å². The van der Waals surface area contributed by atoms with E-state index in [2.05, 4.69) is 6.07 Å². The lowest BCUT2D eigenvalue weighted by Gasteiger charge is -2.26. The van der Waals surface area contributed by atoms with Gasteiger partial charge in [-0.15, -0.1) is 0 Å². The van der Waals surface area contributed by atoms with Gasteiger partial charge in [0.25, 0.3) is 0 Å². The number of nitrogens with zero attached hydrogens (tertiary/aromatic N) is 2. The highest BCUT2D eigenvalue weighted by atomic mass is 16.5. The van der Waals surface area contributed by atoms with Crippen molar-refractivity contribution in [2.24, 2.45) is 0 Å². The molecule has 0 aliphatic rings. The third-order valence-electron chi connectivity index (χ3n) is 2.90. The number of benzene rings is 1. The van der Waals surface area contributed by atoms with Crippen molar-refractivity contribution in [3.8, 4) is 11.8 Å². The Morgan fingerprint density at radius 2 is 2.21 bits per heavy atom. The second kappa shape index (κ2) is 7.42. The number of amides is 1. The molecule has 4 heteroatoms. The van der Waals surface area contributed by atoms with E-state index < -0.39 is 0 Å². The number of methoxy groups -OCH3 is 1. The molecule has 0 saturated heterocycles. The van der Waals surface area contributed by atoms with Gasteiger partial charge in [0, 0.05) is 12.6 Å². The van der Waals surface area contributed by atoms with Crippen molar-refractivity contribution in [3.05, 3.63) is 29.8 Å². The Morgan fingerprint density at radius 3 is 2.79 bits per heavy atom. The molecule has 1 rings (SSSR count). The normalized spacial score (nSPS) is 10.1. The zero-order valence-electron chi connectivity index (χ0n) is 11.7. The standard InChI is InChI=1S/C15H20N2O2/c1-12(2)17(9-5-8-16)15(18)11-13-6-4-7-14(10-13)19-3/h4,6-7,10,12H,5,9,11H2,1-3H3. The summed E-state index contributed by atoms with van der Waals surface area (Å²) in [5.41, 5.74) is 0.923. The molecule has 0 unspecified atom stereocenters. The van der Waals surface area contributed by atoms with Gasteiger partial charge < -0.3 is 9.64 Å². The number of hydrogen-bond acceptors (Lipinski definition) is 3. The Bertz CT molecular complexity index is 463. The first kappa shape index (κ1) is 15.0. The summed E-state index contributed by atoms with van der Waals surface area (Å²) in [7, 11) is 1.61. The molecule has 1 aromatic rings. The summed E-state index contributed by atoms with van der Waals surface area (Å²) in [5.74, 6) is 0.789. The van der Waals surface area contributed by atoms with E-state index in [0.29, 0.717) is 19.4 Å². The minimum atomic E-state index is 0.0403. The summed E-state index contributed by atoms with van der Waals surface area (Å²) >= 11 is 0. The Labute approximate surface area is 114 Å². The van der Waals surface area contributed by atoms with Crippen LogP contribution < -0.4 is 4.74 Å². The summed E-state index contributed by atoms with van der Waals surface area (Å²) in [6, 6.07) is 9.67. The van der Waals surface area contributed by atoms with Crippen molar-refractivity contribution in [3.63, 3.8) is 0 Å². The van der Waals surface area contributed by atoms with E-state index in [1.165, 1.54) is 0 Å². The van der Waals surface area contributed by atoms with E-state index in [-0.39, 0.29) is 11.9 Å². The van der Waals surface area contributed by atoms with Gasteiger partial charge in [-0.25, -0.2) is 0 Å². The minimum Gasteiger partial charge on any atom is -0.497 e. The number of nitriles is 1. The van der Waals surface area contributed by atoms with Crippen LogP contribution in [0.3, 0.4) is 0 Å². The predicted octanol–water partition coefficient (Wildman–Crippen LogP) is 2.39. The largest absolute Gasteiger partial charge is 0.497 e. The van der Waals surface area contributed by atoms with Crippen molar-refractivity contribution in [1.82, 2.24) is 4.90 Å². The first-order valence-corrected chi connectivity index (χ1v) is 6.37. The van der Waals surface area contributed by atoms with Gasteiger partial charge in [0.15, 0.2) is 0 Å². The van der Waals surface area contributed by atoms with E-state index in [0.717, 1.165) is 11.3 Å². The van der Waals surface area contributed by atoms with Crippen molar-refractivity contribution in [2.75, 3.05) is 13.7 Å². The summed E-state index contributed by atoms with van der Waals surface area (Å²) in [6.45, 7) is 4.40. The molecule has 0 heterocycles. The van der Waals surface area contributed by atoms with Crippen molar-refractivity contribution >= 4 is 5.91 Å². The maximum Gasteiger partial charge on any atom is 0.227 e. The SMILES string of the molecule is COc1cccc(CC(=O)N(CCC#N)C(C)C)c1. The number of carbonyl (C=O) groups excluding carboxylic acids is 1. The summed E-state index contributed by atoms with van der Waals surface area (Å²) in [6.07, 6.45) is 0.697. The van der Waals surface area contributed by atoms with Gasteiger partial charge >= 0.3 is 0 Å². The van der Waals surface area contributed by atoms with Crippen LogP contribution in [0.2, 0.25) is 0 Å². The Balaban J connectivity index is 2.72. The average Bonchev–Trinajstić information content (AvgIpc) is 2.39. The molecule has 102 valence electrons. The molecule has 19 heavy (non-hydrogen) atoms. The van der Waals surface area contributed by atoms with E-state index in [1.807, 2.05) is 38.1 Å². The predicted molar refractivity (Wildman–Crippen MR) is 73.8 cm³/mol. The van der Waals surface area contributed by atoms with Crippen LogP contribution >= 0.6 is 0 Å². The molecule has 0 fully saturated rings. The fraction of sp³-hybridized carbons (Fsp3) is 0.467. The summed E-state index contributed by atoms with van der Waals surface area (Å²) < 4.78 is 5.14. The molecule has 1 aromatic carbocycles. The molecule has 0 spiro atoms. The second-order valence-electron chi connectivity index (χ2n) is 4.62. The van der Waals surface area contributed by atoms with Crippen molar-refractivity contribution < 1.29 is 9.53 Å². The third kappa shape index (κ3) is 4.63. The van der Waals surface area contributed by atoms with Crippen LogP contribution in [0.25, 0.3) is 0 Å². The van der Waals surface area contributed by atoms with E-state index in [9.17, 15) is 4.79 Å². The van der Waals surface area contributed by atoms with Crippen LogP contribution in [0.1, 0.15) is 25.8 Å². The van der Waals surface area contributed by atoms with Crippen LogP contribution in [0.4, 0.5) is 0 Å². The molecule has 1 amide bonds. The third-order valence-corrected chi connectivity index (χ3v) is 2.90. The van der Waals surface area contributed by atoms with Crippen molar-refractivity contribution in [1.29, 1.82) is 5.26 Å². The quantitative estimate of drug-likeness (QED) is 0.789. The first-order chi connectivity index (χ1) is 9.08. The maximum absolute atomic E-state index is 12.2. The summed E-state index contributed by atoms with van der Waals surface area (Å²) in [4.78, 5) is 14.0. The summed E-state index contributed by atoms with van der Waals surface area (Å²) in [5, 5.41) is 8.63. The molecule has 0 aliphatic heterocycles. The molecule has 0 aliphatic carbocycles. The van der Waals surface area contributed by atoms with Crippen molar-refractivity contribution in [2.45, 2.75) is 32.7 Å². The molecule has 0 N–H and O–H groups in total. The fourth-order valence-corrected chi connectivity index (χ4v) is 1.90. The highest BCUT2D eigenvalue weighted by molar-refractivity contribution is 5.79. The van der Waals surface area contributed by atoms with Crippen LogP contribution in [-0.4, -0.2) is 30.5 Å². The fourth-order valence-electron chi connectivity index (χ4n) is 1.90. The van der Waals surface area contributed by atoms with Crippen LogP contribution in [0.5, 0.6) is 5.75 Å². The van der Waals surface area contributed by atoms with E-state index >= 15 is 0 Å².